The van der Waals surface area contributed by atoms with Gasteiger partial charge in [-0.2, -0.15) is 0 Å². The first-order valence-corrected chi connectivity index (χ1v) is 9.49. The average Bonchev–Trinajstić information content (AvgIpc) is 2.58. The minimum Gasteiger partial charge on any atom is -0.507 e. The number of rotatable bonds is 7. The predicted octanol–water partition coefficient (Wildman–Crippen LogP) is 4.29. The van der Waals surface area contributed by atoms with Gasteiger partial charge in [-0.05, 0) is 31.7 Å². The third-order valence-corrected chi connectivity index (χ3v) is 5.00. The molecule has 1 aliphatic rings. The summed E-state index contributed by atoms with van der Waals surface area (Å²) in [7, 11) is 0. The van der Waals surface area contributed by atoms with Crippen molar-refractivity contribution in [3.05, 3.63) is 33.7 Å². The summed E-state index contributed by atoms with van der Waals surface area (Å²) >= 11 is 0. The molecule has 1 heterocycles. The van der Waals surface area contributed by atoms with Gasteiger partial charge in [-0.15, -0.1) is 0 Å². The molecule has 5 nitrogen and oxygen atoms in total. The summed E-state index contributed by atoms with van der Waals surface area (Å²) in [4.78, 5) is 24.0. The molecule has 0 amide bonds. The lowest BCUT2D eigenvalue weighted by molar-refractivity contribution is -0.118. The summed E-state index contributed by atoms with van der Waals surface area (Å²) in [6.07, 6.45) is 6.52. The molecule has 1 unspecified atom stereocenters. The molecule has 1 aromatic carbocycles. The molecule has 1 aromatic heterocycles. The third-order valence-electron chi connectivity index (χ3n) is 5.00. The molecule has 1 atom stereocenters. The third kappa shape index (κ3) is 3.92. The highest BCUT2D eigenvalue weighted by molar-refractivity contribution is 5.94. The molecule has 26 heavy (non-hydrogen) atoms. The Hall–Kier alpha value is -2.30. The molecule has 0 fully saturated rings. The van der Waals surface area contributed by atoms with Crippen molar-refractivity contribution in [1.82, 2.24) is 0 Å². The van der Waals surface area contributed by atoms with Crippen molar-refractivity contribution in [2.45, 2.75) is 71.3 Å². The van der Waals surface area contributed by atoms with Gasteiger partial charge in [0.15, 0.2) is 0 Å². The maximum atomic E-state index is 12.2. The Morgan fingerprint density at radius 3 is 2.73 bits per heavy atom. The number of ketones is 1. The van der Waals surface area contributed by atoms with Gasteiger partial charge in [0.05, 0.1) is 11.5 Å². The van der Waals surface area contributed by atoms with Gasteiger partial charge < -0.3 is 14.3 Å². The number of benzene rings is 1. The second-order valence-electron chi connectivity index (χ2n) is 7.16. The van der Waals surface area contributed by atoms with Crippen LogP contribution in [-0.2, 0) is 17.6 Å². The number of Topliss-reactive ketones (excluding diaryl/α,β-unsaturated/α-hetero) is 1. The van der Waals surface area contributed by atoms with Crippen LogP contribution >= 0.6 is 0 Å². The topological polar surface area (TPSA) is 76.7 Å². The second kappa shape index (κ2) is 7.94. The molecule has 5 heteroatoms. The predicted molar refractivity (Wildman–Crippen MR) is 100 cm³/mol. The molecule has 2 aromatic rings. The van der Waals surface area contributed by atoms with E-state index < -0.39 is 5.63 Å². The van der Waals surface area contributed by atoms with Crippen LogP contribution in [0.2, 0.25) is 0 Å². The van der Waals surface area contributed by atoms with Crippen LogP contribution in [0.4, 0.5) is 0 Å². The molecule has 1 aliphatic carbocycles. The molecule has 0 bridgehead atoms. The monoisotopic (exact) mass is 358 g/mol. The average molecular weight is 358 g/mol. The molecule has 0 saturated heterocycles. The Bertz CT molecular complexity index is 865. The van der Waals surface area contributed by atoms with Crippen LogP contribution < -0.4 is 10.4 Å². The summed E-state index contributed by atoms with van der Waals surface area (Å²) < 4.78 is 11.3. The Balaban J connectivity index is 1.86. The first-order valence-electron chi connectivity index (χ1n) is 9.49. The van der Waals surface area contributed by atoms with Crippen molar-refractivity contribution in [3.8, 4) is 11.5 Å². The lowest BCUT2D eigenvalue weighted by atomic mass is 9.89. The van der Waals surface area contributed by atoms with Crippen LogP contribution in [0.5, 0.6) is 11.5 Å². The fourth-order valence-corrected chi connectivity index (χ4v) is 3.61. The molecule has 1 N–H and O–H groups in total. The van der Waals surface area contributed by atoms with Gasteiger partial charge in [0.2, 0.25) is 0 Å². The van der Waals surface area contributed by atoms with E-state index in [-0.39, 0.29) is 29.6 Å². The number of phenols is 1. The minimum atomic E-state index is -0.427. The van der Waals surface area contributed by atoms with Crippen LogP contribution in [-0.4, -0.2) is 17.0 Å². The summed E-state index contributed by atoms with van der Waals surface area (Å²) in [6, 6.07) is 3.18. The molecule has 0 aliphatic heterocycles. The second-order valence-corrected chi connectivity index (χ2v) is 7.16. The summed E-state index contributed by atoms with van der Waals surface area (Å²) in [5.41, 5.74) is 0.954. The van der Waals surface area contributed by atoms with E-state index in [1.165, 1.54) is 19.3 Å². The zero-order valence-corrected chi connectivity index (χ0v) is 15.5. The van der Waals surface area contributed by atoms with Crippen molar-refractivity contribution in [1.29, 1.82) is 0 Å². The lowest BCUT2D eigenvalue weighted by Crippen LogP contribution is -2.21. The van der Waals surface area contributed by atoms with E-state index >= 15 is 0 Å². The zero-order valence-electron chi connectivity index (χ0n) is 15.5. The number of aromatic hydroxyl groups is 1. The lowest BCUT2D eigenvalue weighted by Gasteiger charge is -2.18. The van der Waals surface area contributed by atoms with Crippen molar-refractivity contribution < 1.29 is 19.1 Å². The smallest absolute Gasteiger partial charge is 0.339 e. The number of ether oxygens (including phenoxy) is 1. The van der Waals surface area contributed by atoms with Crippen molar-refractivity contribution in [2.75, 3.05) is 0 Å². The highest BCUT2D eigenvalue weighted by atomic mass is 16.5. The largest absolute Gasteiger partial charge is 0.507 e. The van der Waals surface area contributed by atoms with E-state index in [0.29, 0.717) is 35.1 Å². The van der Waals surface area contributed by atoms with Gasteiger partial charge >= 0.3 is 5.63 Å². The van der Waals surface area contributed by atoms with E-state index in [9.17, 15) is 14.7 Å². The van der Waals surface area contributed by atoms with Gasteiger partial charge in [-0.25, -0.2) is 4.79 Å². The highest BCUT2D eigenvalue weighted by Crippen LogP contribution is 2.35. The number of hydrogen-bond donors (Lipinski definition) is 1. The standard InChI is InChI=1S/C21H26O5/c1-3-4-5-6-7-13(2)25-15-11-18(23)20-17-10-14(22)8-9-16(17)21(24)26-19(20)12-15/h11-13,23H,3-10H2,1-2H3. The van der Waals surface area contributed by atoms with Crippen LogP contribution in [0.1, 0.15) is 63.5 Å². The summed E-state index contributed by atoms with van der Waals surface area (Å²) in [5, 5.41) is 10.9. The van der Waals surface area contributed by atoms with Gasteiger partial charge in [0.25, 0.3) is 0 Å². The quantitative estimate of drug-likeness (QED) is 0.590. The number of carbonyl (C=O) groups is 1. The summed E-state index contributed by atoms with van der Waals surface area (Å²) in [6.45, 7) is 4.17. The molecule has 3 rings (SSSR count). The van der Waals surface area contributed by atoms with E-state index in [1.54, 1.807) is 12.1 Å². The Labute approximate surface area is 153 Å². The van der Waals surface area contributed by atoms with Crippen LogP contribution in [0, 0.1) is 0 Å². The highest BCUT2D eigenvalue weighted by Gasteiger charge is 2.24. The Kier molecular flexibility index (Phi) is 5.64. The fraction of sp³-hybridized carbons (Fsp3) is 0.524. The van der Waals surface area contributed by atoms with Crippen LogP contribution in [0.25, 0.3) is 11.0 Å². The van der Waals surface area contributed by atoms with Gasteiger partial charge in [-0.1, -0.05) is 26.2 Å². The van der Waals surface area contributed by atoms with E-state index in [1.807, 2.05) is 6.92 Å². The number of unbranched alkanes of at least 4 members (excludes halogenated alkanes) is 3. The van der Waals surface area contributed by atoms with E-state index in [0.717, 1.165) is 12.8 Å². The van der Waals surface area contributed by atoms with Crippen molar-refractivity contribution in [2.24, 2.45) is 0 Å². The van der Waals surface area contributed by atoms with Gasteiger partial charge in [0, 0.05) is 30.5 Å². The zero-order chi connectivity index (χ0) is 18.7. The first kappa shape index (κ1) is 18.5. The Morgan fingerprint density at radius 1 is 1.15 bits per heavy atom. The number of hydrogen-bond acceptors (Lipinski definition) is 5. The van der Waals surface area contributed by atoms with Crippen LogP contribution in [0.3, 0.4) is 0 Å². The molecule has 0 spiro atoms. The first-order chi connectivity index (χ1) is 12.5. The summed E-state index contributed by atoms with van der Waals surface area (Å²) in [5.74, 6) is 0.540. The number of phenolic OH excluding ortho intramolecular Hbond substituents is 1. The van der Waals surface area contributed by atoms with E-state index in [2.05, 4.69) is 6.92 Å². The molecule has 0 radical (unpaired) electrons. The number of carbonyl (C=O) groups excluding carboxylic acids is 1. The van der Waals surface area contributed by atoms with Gasteiger partial charge in [0.1, 0.15) is 22.9 Å². The molecule has 0 saturated carbocycles. The minimum absolute atomic E-state index is 0.00890. The normalized spacial score (nSPS) is 15.1. The van der Waals surface area contributed by atoms with Crippen LogP contribution in [0.15, 0.2) is 21.3 Å². The van der Waals surface area contributed by atoms with Crippen molar-refractivity contribution in [3.63, 3.8) is 0 Å². The SMILES string of the molecule is CCCCCCC(C)Oc1cc(O)c2c3c(c(=O)oc2c1)CCC(=O)C3. The molecular formula is C21H26O5. The van der Waals surface area contributed by atoms with Crippen molar-refractivity contribution >= 4 is 16.8 Å². The molecule has 140 valence electrons. The maximum absolute atomic E-state index is 12.2. The molecular weight excluding hydrogens is 332 g/mol. The number of fused-ring (bicyclic) bond motifs is 3. The van der Waals surface area contributed by atoms with Gasteiger partial charge in [-0.3, -0.25) is 4.79 Å². The Morgan fingerprint density at radius 2 is 1.96 bits per heavy atom. The fourth-order valence-electron chi connectivity index (χ4n) is 3.61. The van der Waals surface area contributed by atoms with E-state index in [4.69, 9.17) is 9.15 Å². The maximum Gasteiger partial charge on any atom is 0.339 e.